The summed E-state index contributed by atoms with van der Waals surface area (Å²) in [5.41, 5.74) is 2.02. The monoisotopic (exact) mass is 301 g/mol. The lowest BCUT2D eigenvalue weighted by molar-refractivity contribution is 0.0690. The highest BCUT2D eigenvalue weighted by atomic mass is 32.1. The molecule has 0 aliphatic carbocycles. The molecule has 21 heavy (non-hydrogen) atoms. The minimum atomic E-state index is -1.09. The number of nitrogens with zero attached hydrogens (tertiary/aromatic N) is 3. The number of aryl methyl sites for hydroxylation is 1. The van der Waals surface area contributed by atoms with Gasteiger partial charge in [0.15, 0.2) is 0 Å². The molecule has 0 amide bonds. The summed E-state index contributed by atoms with van der Waals surface area (Å²) in [7, 11) is 0. The van der Waals surface area contributed by atoms with Crippen LogP contribution in [0.3, 0.4) is 0 Å². The van der Waals surface area contributed by atoms with Crippen LogP contribution in [0.2, 0.25) is 0 Å². The molecule has 3 aromatic rings. The number of carboxylic acids is 1. The van der Waals surface area contributed by atoms with Crippen molar-refractivity contribution in [2.24, 2.45) is 0 Å². The number of rotatable bonds is 3. The second kappa shape index (κ2) is 5.10. The van der Waals surface area contributed by atoms with Crippen LogP contribution in [-0.2, 0) is 6.54 Å². The molecule has 0 atom stereocenters. The van der Waals surface area contributed by atoms with E-state index in [4.69, 9.17) is 5.11 Å². The fourth-order valence-electron chi connectivity index (χ4n) is 2.03. The molecule has 0 spiro atoms. The SMILES string of the molecule is Cc1csc2c(=O)n(Cc3cccc(C(=O)O)n3)cnc12. The Morgan fingerprint density at radius 1 is 1.43 bits per heavy atom. The zero-order valence-electron chi connectivity index (χ0n) is 11.1. The summed E-state index contributed by atoms with van der Waals surface area (Å²) < 4.78 is 2.04. The second-order valence-electron chi connectivity index (χ2n) is 4.59. The van der Waals surface area contributed by atoms with E-state index in [0.29, 0.717) is 15.9 Å². The average Bonchev–Trinajstić information content (AvgIpc) is 2.84. The Morgan fingerprint density at radius 2 is 2.24 bits per heavy atom. The lowest BCUT2D eigenvalue weighted by atomic mass is 10.3. The summed E-state index contributed by atoms with van der Waals surface area (Å²) in [5, 5.41) is 10.8. The molecule has 0 aliphatic rings. The molecular weight excluding hydrogens is 290 g/mol. The Bertz CT molecular complexity index is 898. The first-order valence-electron chi connectivity index (χ1n) is 6.18. The van der Waals surface area contributed by atoms with E-state index >= 15 is 0 Å². The van der Waals surface area contributed by atoms with E-state index in [2.05, 4.69) is 9.97 Å². The van der Waals surface area contributed by atoms with Crippen molar-refractivity contribution in [3.8, 4) is 0 Å². The van der Waals surface area contributed by atoms with Crippen molar-refractivity contribution in [1.82, 2.24) is 14.5 Å². The van der Waals surface area contributed by atoms with Crippen LogP contribution in [0, 0.1) is 6.92 Å². The summed E-state index contributed by atoms with van der Waals surface area (Å²) in [6, 6.07) is 4.71. The lowest BCUT2D eigenvalue weighted by Gasteiger charge is -2.05. The molecule has 0 saturated carbocycles. The van der Waals surface area contributed by atoms with Gasteiger partial charge in [-0.05, 0) is 30.0 Å². The third kappa shape index (κ3) is 2.43. The van der Waals surface area contributed by atoms with E-state index in [0.717, 1.165) is 5.56 Å². The molecule has 3 aromatic heterocycles. The molecule has 0 aromatic carbocycles. The number of hydrogen-bond donors (Lipinski definition) is 1. The highest BCUT2D eigenvalue weighted by Gasteiger charge is 2.10. The van der Waals surface area contributed by atoms with Gasteiger partial charge in [0.25, 0.3) is 5.56 Å². The van der Waals surface area contributed by atoms with E-state index < -0.39 is 5.97 Å². The number of aromatic nitrogens is 3. The third-order valence-corrected chi connectivity index (χ3v) is 4.16. The summed E-state index contributed by atoms with van der Waals surface area (Å²) in [6.45, 7) is 2.10. The smallest absolute Gasteiger partial charge is 0.354 e. The molecule has 7 heteroatoms. The van der Waals surface area contributed by atoms with Crippen LogP contribution in [0.5, 0.6) is 0 Å². The van der Waals surface area contributed by atoms with Gasteiger partial charge in [-0.2, -0.15) is 0 Å². The van der Waals surface area contributed by atoms with Gasteiger partial charge in [-0.15, -0.1) is 11.3 Å². The van der Waals surface area contributed by atoms with Gasteiger partial charge in [-0.25, -0.2) is 14.8 Å². The van der Waals surface area contributed by atoms with E-state index in [9.17, 15) is 9.59 Å². The molecule has 106 valence electrons. The first-order valence-corrected chi connectivity index (χ1v) is 7.06. The molecule has 0 saturated heterocycles. The van der Waals surface area contributed by atoms with Gasteiger partial charge < -0.3 is 5.11 Å². The zero-order chi connectivity index (χ0) is 15.0. The van der Waals surface area contributed by atoms with Gasteiger partial charge in [-0.1, -0.05) is 6.07 Å². The molecule has 1 N–H and O–H groups in total. The van der Waals surface area contributed by atoms with Crippen molar-refractivity contribution in [3.05, 3.63) is 57.2 Å². The average molecular weight is 301 g/mol. The Labute approximate surface area is 123 Å². The Hall–Kier alpha value is -2.54. The van der Waals surface area contributed by atoms with Crippen LogP contribution < -0.4 is 5.56 Å². The van der Waals surface area contributed by atoms with Crippen molar-refractivity contribution in [3.63, 3.8) is 0 Å². The van der Waals surface area contributed by atoms with Crippen LogP contribution in [0.1, 0.15) is 21.7 Å². The van der Waals surface area contributed by atoms with Crippen LogP contribution in [-0.4, -0.2) is 25.6 Å². The molecule has 0 radical (unpaired) electrons. The largest absolute Gasteiger partial charge is 0.477 e. The summed E-state index contributed by atoms with van der Waals surface area (Å²) in [4.78, 5) is 31.6. The number of carboxylic acid groups (broad SMARTS) is 1. The van der Waals surface area contributed by atoms with Crippen LogP contribution >= 0.6 is 11.3 Å². The van der Waals surface area contributed by atoms with Crippen LogP contribution in [0.25, 0.3) is 10.2 Å². The molecule has 0 aliphatic heterocycles. The summed E-state index contributed by atoms with van der Waals surface area (Å²) in [6.07, 6.45) is 1.47. The molecule has 0 fully saturated rings. The Balaban J connectivity index is 2.02. The molecule has 0 bridgehead atoms. The van der Waals surface area contributed by atoms with Gasteiger partial charge in [0, 0.05) is 0 Å². The fraction of sp³-hybridized carbons (Fsp3) is 0.143. The van der Waals surface area contributed by atoms with Gasteiger partial charge in [0.2, 0.25) is 0 Å². The normalized spacial score (nSPS) is 10.9. The lowest BCUT2D eigenvalue weighted by Crippen LogP contribution is -2.21. The summed E-state index contributed by atoms with van der Waals surface area (Å²) in [5.74, 6) is -1.09. The van der Waals surface area contributed by atoms with Crippen LogP contribution in [0.4, 0.5) is 0 Å². The standard InChI is InChI=1S/C14H11N3O3S/c1-8-6-21-12-11(8)15-7-17(13(12)18)5-9-3-2-4-10(16-9)14(19)20/h2-4,6-7H,5H2,1H3,(H,19,20). The fourth-order valence-corrected chi connectivity index (χ4v) is 2.98. The number of fused-ring (bicyclic) bond motifs is 1. The first kappa shape index (κ1) is 13.4. The van der Waals surface area contributed by atoms with Gasteiger partial charge in [0.05, 0.1) is 24.1 Å². The highest BCUT2D eigenvalue weighted by Crippen LogP contribution is 2.19. The second-order valence-corrected chi connectivity index (χ2v) is 5.47. The number of carbonyl (C=O) groups is 1. The minimum Gasteiger partial charge on any atom is -0.477 e. The number of aromatic carboxylic acids is 1. The van der Waals surface area contributed by atoms with Crippen molar-refractivity contribution < 1.29 is 9.90 Å². The molecular formula is C14H11N3O3S. The highest BCUT2D eigenvalue weighted by molar-refractivity contribution is 7.17. The Morgan fingerprint density at radius 3 is 3.00 bits per heavy atom. The van der Waals surface area contributed by atoms with Gasteiger partial charge >= 0.3 is 5.97 Å². The van der Waals surface area contributed by atoms with E-state index in [1.807, 2.05) is 12.3 Å². The maximum atomic E-state index is 12.4. The van der Waals surface area contributed by atoms with Crippen molar-refractivity contribution in [2.75, 3.05) is 0 Å². The predicted octanol–water partition coefficient (Wildman–Crippen LogP) is 1.91. The molecule has 3 rings (SSSR count). The minimum absolute atomic E-state index is 0.0402. The summed E-state index contributed by atoms with van der Waals surface area (Å²) >= 11 is 1.36. The Kier molecular flexibility index (Phi) is 3.26. The van der Waals surface area contributed by atoms with E-state index in [1.54, 1.807) is 12.1 Å². The third-order valence-electron chi connectivity index (χ3n) is 3.08. The first-order chi connectivity index (χ1) is 10.1. The van der Waals surface area contributed by atoms with E-state index in [-0.39, 0.29) is 17.8 Å². The van der Waals surface area contributed by atoms with Crippen molar-refractivity contribution in [1.29, 1.82) is 0 Å². The van der Waals surface area contributed by atoms with Gasteiger partial charge in [-0.3, -0.25) is 9.36 Å². The van der Waals surface area contributed by atoms with E-state index in [1.165, 1.54) is 28.3 Å². The van der Waals surface area contributed by atoms with Crippen molar-refractivity contribution >= 4 is 27.5 Å². The zero-order valence-corrected chi connectivity index (χ0v) is 11.9. The number of hydrogen-bond acceptors (Lipinski definition) is 5. The maximum Gasteiger partial charge on any atom is 0.354 e. The van der Waals surface area contributed by atoms with Gasteiger partial charge in [0.1, 0.15) is 10.4 Å². The van der Waals surface area contributed by atoms with Crippen molar-refractivity contribution in [2.45, 2.75) is 13.5 Å². The number of pyridine rings is 1. The molecule has 0 unspecified atom stereocenters. The van der Waals surface area contributed by atoms with Crippen LogP contribution in [0.15, 0.2) is 34.7 Å². The molecule has 3 heterocycles. The number of thiophene rings is 1. The topological polar surface area (TPSA) is 85.1 Å². The maximum absolute atomic E-state index is 12.4. The molecule has 6 nitrogen and oxygen atoms in total. The quantitative estimate of drug-likeness (QED) is 0.798. The predicted molar refractivity (Wildman–Crippen MR) is 78.9 cm³/mol.